The summed E-state index contributed by atoms with van der Waals surface area (Å²) in [5, 5.41) is 22.8. The highest BCUT2D eigenvalue weighted by molar-refractivity contribution is 6.58. The first kappa shape index (κ1) is 18.4. The lowest BCUT2D eigenvalue weighted by Gasteiger charge is -2.53. The standard InChI is InChI=1S/C19H28BNO4/c1-17(2,3)25-16(22)19-8-9-21-15(11-19)18(4,5)13-7-6-12(20(23)24)10-14(13)19/h6-7,10,15,21,23-24H,8-9,11H2,1-5H3. The van der Waals surface area contributed by atoms with Crippen LogP contribution in [0.4, 0.5) is 0 Å². The zero-order valence-corrected chi connectivity index (χ0v) is 15.7. The van der Waals surface area contributed by atoms with Crippen LogP contribution >= 0.6 is 0 Å². The molecule has 1 aromatic carbocycles. The molecule has 2 atom stereocenters. The summed E-state index contributed by atoms with van der Waals surface area (Å²) >= 11 is 0. The SMILES string of the molecule is CC(C)(C)OC(=O)C12CCNC(C1)C(C)(C)c1ccc(B(O)O)cc12. The molecule has 0 amide bonds. The van der Waals surface area contributed by atoms with E-state index in [4.69, 9.17) is 4.74 Å². The fourth-order valence-corrected chi connectivity index (χ4v) is 4.28. The van der Waals surface area contributed by atoms with E-state index in [2.05, 4.69) is 19.2 Å². The minimum Gasteiger partial charge on any atom is -0.459 e. The van der Waals surface area contributed by atoms with Gasteiger partial charge in [-0.25, -0.2) is 0 Å². The topological polar surface area (TPSA) is 78.8 Å². The highest BCUT2D eigenvalue weighted by atomic mass is 16.6. The largest absolute Gasteiger partial charge is 0.488 e. The van der Waals surface area contributed by atoms with E-state index in [1.807, 2.05) is 26.8 Å². The molecule has 25 heavy (non-hydrogen) atoms. The van der Waals surface area contributed by atoms with Gasteiger partial charge in [0.25, 0.3) is 0 Å². The maximum Gasteiger partial charge on any atom is 0.488 e. The van der Waals surface area contributed by atoms with Crippen molar-refractivity contribution in [1.82, 2.24) is 5.32 Å². The van der Waals surface area contributed by atoms with Gasteiger partial charge in [-0.1, -0.05) is 32.0 Å². The number of carbonyl (C=O) groups excluding carboxylic acids is 1. The minimum absolute atomic E-state index is 0.153. The number of piperidine rings is 1. The van der Waals surface area contributed by atoms with Crippen molar-refractivity contribution in [2.24, 2.45) is 0 Å². The molecule has 2 aliphatic rings. The van der Waals surface area contributed by atoms with E-state index in [1.165, 1.54) is 0 Å². The van der Waals surface area contributed by atoms with Gasteiger partial charge in [-0.3, -0.25) is 4.79 Å². The highest BCUT2D eigenvalue weighted by Gasteiger charge is 2.55. The van der Waals surface area contributed by atoms with Crippen molar-refractivity contribution in [3.63, 3.8) is 0 Å². The fourth-order valence-electron chi connectivity index (χ4n) is 4.28. The lowest BCUT2D eigenvalue weighted by molar-refractivity contribution is -0.165. The molecule has 1 aliphatic heterocycles. The van der Waals surface area contributed by atoms with E-state index in [0.29, 0.717) is 18.3 Å². The van der Waals surface area contributed by atoms with E-state index in [1.54, 1.807) is 12.1 Å². The van der Waals surface area contributed by atoms with Gasteiger partial charge in [0.2, 0.25) is 0 Å². The molecule has 1 heterocycles. The Kier molecular flexibility index (Phi) is 4.30. The third-order valence-corrected chi connectivity index (χ3v) is 5.71. The summed E-state index contributed by atoms with van der Waals surface area (Å²) < 4.78 is 5.79. The van der Waals surface area contributed by atoms with Crippen molar-refractivity contribution >= 4 is 18.6 Å². The molecule has 1 fully saturated rings. The Morgan fingerprint density at radius 2 is 1.96 bits per heavy atom. The smallest absolute Gasteiger partial charge is 0.459 e. The van der Waals surface area contributed by atoms with Crippen LogP contribution in [-0.4, -0.2) is 41.3 Å². The summed E-state index contributed by atoms with van der Waals surface area (Å²) in [6.07, 6.45) is 1.30. The quantitative estimate of drug-likeness (QED) is 0.550. The number of benzene rings is 1. The van der Waals surface area contributed by atoms with E-state index >= 15 is 0 Å². The van der Waals surface area contributed by atoms with E-state index in [0.717, 1.165) is 17.7 Å². The summed E-state index contributed by atoms with van der Waals surface area (Å²) in [6, 6.07) is 5.62. The number of hydrogen-bond donors (Lipinski definition) is 3. The summed E-state index contributed by atoms with van der Waals surface area (Å²) in [5.74, 6) is -0.215. The van der Waals surface area contributed by atoms with Gasteiger partial charge in [0, 0.05) is 11.5 Å². The first-order valence-electron chi connectivity index (χ1n) is 8.95. The van der Waals surface area contributed by atoms with Crippen LogP contribution in [0.25, 0.3) is 0 Å². The molecule has 1 aromatic rings. The van der Waals surface area contributed by atoms with Crippen LogP contribution in [0, 0.1) is 0 Å². The molecule has 3 N–H and O–H groups in total. The predicted molar refractivity (Wildman–Crippen MR) is 97.8 cm³/mol. The Morgan fingerprint density at radius 1 is 1.28 bits per heavy atom. The maximum absolute atomic E-state index is 13.2. The molecule has 3 rings (SSSR count). The van der Waals surface area contributed by atoms with Gasteiger partial charge in [0.05, 0.1) is 5.41 Å². The molecule has 2 bridgehead atoms. The van der Waals surface area contributed by atoms with Crippen molar-refractivity contribution < 1.29 is 19.6 Å². The number of nitrogens with one attached hydrogen (secondary N) is 1. The van der Waals surface area contributed by atoms with Gasteiger partial charge in [-0.2, -0.15) is 0 Å². The number of hydrogen-bond acceptors (Lipinski definition) is 5. The van der Waals surface area contributed by atoms with Crippen molar-refractivity contribution in [3.05, 3.63) is 29.3 Å². The molecular weight excluding hydrogens is 317 g/mol. The van der Waals surface area contributed by atoms with Gasteiger partial charge in [0.1, 0.15) is 5.60 Å². The van der Waals surface area contributed by atoms with Crippen LogP contribution in [0.2, 0.25) is 0 Å². The zero-order valence-electron chi connectivity index (χ0n) is 15.7. The van der Waals surface area contributed by atoms with Gasteiger partial charge >= 0.3 is 13.1 Å². The molecule has 0 aromatic heterocycles. The summed E-state index contributed by atoms with van der Waals surface area (Å²) in [5.41, 5.74) is 0.919. The Morgan fingerprint density at radius 3 is 2.56 bits per heavy atom. The molecule has 0 spiro atoms. The van der Waals surface area contributed by atoms with Gasteiger partial charge in [0.15, 0.2) is 0 Å². The highest BCUT2D eigenvalue weighted by Crippen LogP contribution is 2.50. The second-order valence-corrected chi connectivity index (χ2v) is 8.95. The molecule has 1 saturated heterocycles. The molecule has 1 aliphatic carbocycles. The number of fused-ring (bicyclic) bond motifs is 4. The molecule has 5 nitrogen and oxygen atoms in total. The van der Waals surface area contributed by atoms with E-state index in [-0.39, 0.29) is 17.4 Å². The van der Waals surface area contributed by atoms with Crippen molar-refractivity contribution in [2.75, 3.05) is 6.54 Å². The van der Waals surface area contributed by atoms with E-state index in [9.17, 15) is 14.8 Å². The first-order chi connectivity index (χ1) is 11.5. The fraction of sp³-hybridized carbons (Fsp3) is 0.632. The van der Waals surface area contributed by atoms with Crippen LogP contribution in [0.3, 0.4) is 0 Å². The number of rotatable bonds is 2. The van der Waals surface area contributed by atoms with Crippen LogP contribution in [0.5, 0.6) is 0 Å². The van der Waals surface area contributed by atoms with Crippen LogP contribution in [0.1, 0.15) is 58.6 Å². The first-order valence-corrected chi connectivity index (χ1v) is 8.95. The normalized spacial score (nSPS) is 27.4. The Bertz CT molecular complexity index is 695. The predicted octanol–water partition coefficient (Wildman–Crippen LogP) is 0.989. The Labute approximate surface area is 149 Å². The summed E-state index contributed by atoms with van der Waals surface area (Å²) in [6.45, 7) is 10.7. The molecular formula is C19H28BNO4. The van der Waals surface area contributed by atoms with Gasteiger partial charge < -0.3 is 20.1 Å². The second-order valence-electron chi connectivity index (χ2n) is 8.95. The number of ether oxygens (including phenoxy) is 1. The van der Waals surface area contributed by atoms with Crippen LogP contribution in [0.15, 0.2) is 18.2 Å². The lowest BCUT2D eigenvalue weighted by atomic mass is 9.55. The number of carbonyl (C=O) groups is 1. The average Bonchev–Trinajstić information content (AvgIpc) is 2.51. The van der Waals surface area contributed by atoms with Crippen molar-refractivity contribution in [2.45, 2.75) is 69.9 Å². The van der Waals surface area contributed by atoms with E-state index < -0.39 is 18.1 Å². The second kappa shape index (κ2) is 5.83. The van der Waals surface area contributed by atoms with Crippen molar-refractivity contribution in [3.8, 4) is 0 Å². The van der Waals surface area contributed by atoms with Crippen LogP contribution < -0.4 is 10.8 Å². The monoisotopic (exact) mass is 345 g/mol. The van der Waals surface area contributed by atoms with Crippen LogP contribution in [-0.2, 0) is 20.4 Å². The summed E-state index contributed by atoms with van der Waals surface area (Å²) in [4.78, 5) is 13.2. The summed E-state index contributed by atoms with van der Waals surface area (Å²) in [7, 11) is -1.55. The maximum atomic E-state index is 13.2. The lowest BCUT2D eigenvalue weighted by Crippen LogP contribution is -2.62. The minimum atomic E-state index is -1.55. The van der Waals surface area contributed by atoms with Gasteiger partial charge in [-0.05, 0) is 56.7 Å². The number of esters is 1. The average molecular weight is 345 g/mol. The zero-order chi connectivity index (χ0) is 18.6. The van der Waals surface area contributed by atoms with Crippen molar-refractivity contribution in [1.29, 1.82) is 0 Å². The Hall–Kier alpha value is -1.37. The molecule has 0 radical (unpaired) electrons. The third-order valence-electron chi connectivity index (χ3n) is 5.71. The Balaban J connectivity index is 2.18. The third kappa shape index (κ3) is 3.00. The molecule has 0 saturated carbocycles. The van der Waals surface area contributed by atoms with Gasteiger partial charge in [-0.15, -0.1) is 0 Å². The molecule has 6 heteroatoms. The molecule has 2 unspecified atom stereocenters. The molecule has 136 valence electrons.